The lowest BCUT2D eigenvalue weighted by Crippen LogP contribution is -2.58. The average Bonchev–Trinajstić information content (AvgIpc) is 2.62. The van der Waals surface area contributed by atoms with E-state index in [0.29, 0.717) is 18.3 Å². The van der Waals surface area contributed by atoms with Crippen LogP contribution in [0.4, 0.5) is 0 Å². The summed E-state index contributed by atoms with van der Waals surface area (Å²) in [7, 11) is 1.94. The maximum absolute atomic E-state index is 11.4. The molecule has 4 saturated carbocycles. The summed E-state index contributed by atoms with van der Waals surface area (Å²) >= 11 is 6.39. The molecule has 0 radical (unpaired) electrons. The van der Waals surface area contributed by atoms with Gasteiger partial charge in [-0.2, -0.15) is 5.10 Å². The van der Waals surface area contributed by atoms with Crippen LogP contribution in [-0.2, 0) is 13.5 Å². The fourth-order valence-corrected chi connectivity index (χ4v) is 5.66. The second-order valence-corrected chi connectivity index (χ2v) is 7.82. The summed E-state index contributed by atoms with van der Waals surface area (Å²) in [6, 6.07) is 0. The molecule has 20 heavy (non-hydrogen) atoms. The zero-order valence-electron chi connectivity index (χ0n) is 12.3. The third-order valence-electron chi connectivity index (χ3n) is 6.26. The number of halogens is 1. The first kappa shape index (κ1) is 13.1. The van der Waals surface area contributed by atoms with Gasteiger partial charge >= 0.3 is 0 Å². The van der Waals surface area contributed by atoms with Crippen LogP contribution >= 0.6 is 11.6 Å². The number of aromatic nitrogens is 2. The highest BCUT2D eigenvalue weighted by atomic mass is 35.5. The number of rotatable bonds is 2. The first-order chi connectivity index (χ1) is 9.47. The number of nitrogens with zero attached hydrogens (tertiary/aromatic N) is 2. The predicted octanol–water partition coefficient (Wildman–Crippen LogP) is 3.11. The van der Waals surface area contributed by atoms with Crippen LogP contribution in [0.25, 0.3) is 0 Å². The number of aliphatic hydroxyl groups is 1. The third-order valence-corrected chi connectivity index (χ3v) is 6.76. The van der Waals surface area contributed by atoms with Crippen molar-refractivity contribution in [3.8, 4) is 0 Å². The van der Waals surface area contributed by atoms with E-state index in [-0.39, 0.29) is 0 Å². The highest BCUT2D eigenvalue weighted by molar-refractivity contribution is 6.31. The Hall–Kier alpha value is -0.540. The zero-order chi connectivity index (χ0) is 14.1. The molecule has 1 aromatic rings. The molecule has 0 unspecified atom stereocenters. The van der Waals surface area contributed by atoms with Gasteiger partial charge in [-0.15, -0.1) is 0 Å². The van der Waals surface area contributed by atoms with Crippen LogP contribution in [0.2, 0.25) is 5.02 Å². The fraction of sp³-hybridized carbons (Fsp3) is 0.812. The SMILES string of the molecule is Cc1nn(C)c(CC2(O)C3CC4CC(C3)CC2C4)c1Cl. The minimum atomic E-state index is -0.544. The van der Waals surface area contributed by atoms with Crippen molar-refractivity contribution in [2.75, 3.05) is 0 Å². The minimum absolute atomic E-state index is 0.477. The molecule has 4 heteroatoms. The van der Waals surface area contributed by atoms with Crippen LogP contribution in [0.1, 0.15) is 43.5 Å². The molecule has 4 aliphatic carbocycles. The molecule has 4 aliphatic rings. The molecule has 0 aliphatic heterocycles. The maximum atomic E-state index is 11.4. The summed E-state index contributed by atoms with van der Waals surface area (Å²) in [5.74, 6) is 2.71. The molecule has 1 aromatic heterocycles. The van der Waals surface area contributed by atoms with Crippen molar-refractivity contribution in [3.63, 3.8) is 0 Å². The van der Waals surface area contributed by atoms with E-state index in [1.54, 1.807) is 0 Å². The summed E-state index contributed by atoms with van der Waals surface area (Å²) in [5, 5.41) is 16.5. The third kappa shape index (κ3) is 1.72. The van der Waals surface area contributed by atoms with Crippen LogP contribution in [0.3, 0.4) is 0 Å². The normalized spacial score (nSPS) is 42.4. The quantitative estimate of drug-likeness (QED) is 0.910. The molecule has 110 valence electrons. The predicted molar refractivity (Wildman–Crippen MR) is 78.7 cm³/mol. The van der Waals surface area contributed by atoms with Crippen molar-refractivity contribution in [1.82, 2.24) is 9.78 Å². The molecular weight excluding hydrogens is 272 g/mol. The first-order valence-electron chi connectivity index (χ1n) is 7.87. The van der Waals surface area contributed by atoms with Gasteiger partial charge in [-0.1, -0.05) is 11.6 Å². The van der Waals surface area contributed by atoms with E-state index < -0.39 is 5.60 Å². The zero-order valence-corrected chi connectivity index (χ0v) is 13.0. The van der Waals surface area contributed by atoms with E-state index in [2.05, 4.69) is 5.10 Å². The second-order valence-electron chi connectivity index (χ2n) is 7.44. The topological polar surface area (TPSA) is 38.0 Å². The van der Waals surface area contributed by atoms with Crippen LogP contribution in [0, 0.1) is 30.6 Å². The number of aryl methyl sites for hydroxylation is 2. The first-order valence-corrected chi connectivity index (χ1v) is 8.25. The van der Waals surface area contributed by atoms with E-state index in [0.717, 1.165) is 28.2 Å². The smallest absolute Gasteiger partial charge is 0.0848 e. The molecule has 1 N–H and O–H groups in total. The van der Waals surface area contributed by atoms with E-state index in [1.807, 2.05) is 18.7 Å². The van der Waals surface area contributed by atoms with Gasteiger partial charge in [0.15, 0.2) is 0 Å². The lowest BCUT2D eigenvalue weighted by Gasteiger charge is -2.59. The monoisotopic (exact) mass is 294 g/mol. The van der Waals surface area contributed by atoms with Crippen LogP contribution in [-0.4, -0.2) is 20.5 Å². The highest BCUT2D eigenvalue weighted by Crippen LogP contribution is 2.59. The van der Waals surface area contributed by atoms with Crippen molar-refractivity contribution < 1.29 is 5.11 Å². The van der Waals surface area contributed by atoms with Crippen LogP contribution < -0.4 is 0 Å². The number of hydrogen-bond donors (Lipinski definition) is 1. The summed E-state index contributed by atoms with van der Waals surface area (Å²) in [6.07, 6.45) is 6.97. The number of hydrogen-bond acceptors (Lipinski definition) is 2. The van der Waals surface area contributed by atoms with Crippen molar-refractivity contribution >= 4 is 11.6 Å². The Bertz CT molecular complexity index is 523. The van der Waals surface area contributed by atoms with Gasteiger partial charge in [-0.05, 0) is 62.7 Å². The van der Waals surface area contributed by atoms with E-state index in [1.165, 1.54) is 32.1 Å². The van der Waals surface area contributed by atoms with Gasteiger partial charge in [0.25, 0.3) is 0 Å². The Morgan fingerprint density at radius 1 is 1.20 bits per heavy atom. The second kappa shape index (κ2) is 4.23. The molecule has 0 amide bonds. The molecule has 0 atom stereocenters. The standard InChI is InChI=1S/C16H23ClN2O/c1-9-15(17)14(19(2)18-9)8-16(20)12-4-10-3-11(6-12)7-13(16)5-10/h10-13,20H,3-8H2,1-2H3. The largest absolute Gasteiger partial charge is 0.389 e. The van der Waals surface area contributed by atoms with Gasteiger partial charge in [0.05, 0.1) is 22.0 Å². The van der Waals surface area contributed by atoms with Gasteiger partial charge in [0.1, 0.15) is 0 Å². The lowest BCUT2D eigenvalue weighted by molar-refractivity contribution is -0.172. The lowest BCUT2D eigenvalue weighted by atomic mass is 9.49. The fourth-order valence-electron chi connectivity index (χ4n) is 5.43. The van der Waals surface area contributed by atoms with Crippen molar-refractivity contribution in [2.24, 2.45) is 30.7 Å². The summed E-state index contributed by atoms with van der Waals surface area (Å²) < 4.78 is 1.86. The maximum Gasteiger partial charge on any atom is 0.0848 e. The van der Waals surface area contributed by atoms with Crippen LogP contribution in [0.15, 0.2) is 0 Å². The van der Waals surface area contributed by atoms with Crippen molar-refractivity contribution in [2.45, 2.75) is 51.0 Å². The molecule has 0 saturated heterocycles. The molecule has 3 nitrogen and oxygen atoms in total. The van der Waals surface area contributed by atoms with E-state index >= 15 is 0 Å². The van der Waals surface area contributed by atoms with E-state index in [4.69, 9.17) is 11.6 Å². The van der Waals surface area contributed by atoms with Crippen molar-refractivity contribution in [3.05, 3.63) is 16.4 Å². The Morgan fingerprint density at radius 3 is 2.20 bits per heavy atom. The Kier molecular flexibility index (Phi) is 2.78. The molecule has 4 fully saturated rings. The summed E-state index contributed by atoms with van der Waals surface area (Å²) in [5.41, 5.74) is 1.34. The van der Waals surface area contributed by atoms with Crippen LogP contribution in [0.5, 0.6) is 0 Å². The molecule has 1 heterocycles. The molecule has 4 bridgehead atoms. The minimum Gasteiger partial charge on any atom is -0.389 e. The van der Waals surface area contributed by atoms with Crippen molar-refractivity contribution in [1.29, 1.82) is 0 Å². The molecule has 0 spiro atoms. The molecule has 0 aromatic carbocycles. The Balaban J connectivity index is 1.67. The summed E-state index contributed by atoms with van der Waals surface area (Å²) in [4.78, 5) is 0. The van der Waals surface area contributed by atoms with E-state index in [9.17, 15) is 5.11 Å². The highest BCUT2D eigenvalue weighted by Gasteiger charge is 2.56. The van der Waals surface area contributed by atoms with Gasteiger partial charge in [-0.25, -0.2) is 0 Å². The average molecular weight is 295 g/mol. The van der Waals surface area contributed by atoms with Gasteiger partial charge in [0.2, 0.25) is 0 Å². The molecule has 5 rings (SSSR count). The Morgan fingerprint density at radius 2 is 1.75 bits per heavy atom. The van der Waals surface area contributed by atoms with Gasteiger partial charge in [-0.3, -0.25) is 4.68 Å². The van der Waals surface area contributed by atoms with Gasteiger partial charge in [0, 0.05) is 13.5 Å². The van der Waals surface area contributed by atoms with Gasteiger partial charge < -0.3 is 5.11 Å². The summed E-state index contributed by atoms with van der Waals surface area (Å²) in [6.45, 7) is 1.94. The molecular formula is C16H23ClN2O. The Labute approximate surface area is 125 Å².